The van der Waals surface area contributed by atoms with Gasteiger partial charge in [-0.3, -0.25) is 14.4 Å². The van der Waals surface area contributed by atoms with Crippen LogP contribution < -0.4 is 11.1 Å². The van der Waals surface area contributed by atoms with Gasteiger partial charge in [0.1, 0.15) is 5.54 Å². The number of nitriles is 1. The number of likely N-dealkylation sites (tertiary alicyclic amines) is 1. The summed E-state index contributed by atoms with van der Waals surface area (Å²) in [5, 5.41) is 12.6. The number of nitrogens with two attached hydrogens (primary N) is 1. The van der Waals surface area contributed by atoms with E-state index in [1.165, 1.54) is 6.42 Å². The van der Waals surface area contributed by atoms with Crippen LogP contribution in [0, 0.1) is 23.2 Å². The van der Waals surface area contributed by atoms with E-state index in [2.05, 4.69) is 11.4 Å². The molecule has 3 N–H and O–H groups in total. The van der Waals surface area contributed by atoms with Crippen molar-refractivity contribution < 1.29 is 14.4 Å². The van der Waals surface area contributed by atoms with Crippen molar-refractivity contribution in [1.82, 2.24) is 10.2 Å². The van der Waals surface area contributed by atoms with E-state index in [-0.39, 0.29) is 17.7 Å². The molecule has 1 aromatic rings. The Morgan fingerprint density at radius 1 is 1.07 bits per heavy atom. The molecule has 3 amide bonds. The van der Waals surface area contributed by atoms with Gasteiger partial charge in [-0.15, -0.1) is 0 Å². The number of hydrogen-bond donors (Lipinski definition) is 2. The predicted octanol–water partition coefficient (Wildman–Crippen LogP) is 2.33. The highest BCUT2D eigenvalue weighted by molar-refractivity contribution is 5.94. The van der Waals surface area contributed by atoms with Gasteiger partial charge in [0.2, 0.25) is 11.8 Å². The molecule has 1 aromatic carbocycles. The fourth-order valence-corrected chi connectivity index (χ4v) is 4.47. The van der Waals surface area contributed by atoms with Crippen molar-refractivity contribution in [3.63, 3.8) is 0 Å². The molecule has 1 aliphatic carbocycles. The zero-order chi connectivity index (χ0) is 21.6. The number of amides is 3. The van der Waals surface area contributed by atoms with Gasteiger partial charge >= 0.3 is 0 Å². The molecule has 2 fully saturated rings. The van der Waals surface area contributed by atoms with Crippen LogP contribution in [0.4, 0.5) is 0 Å². The fourth-order valence-electron chi connectivity index (χ4n) is 4.47. The molecule has 0 atom stereocenters. The molecule has 1 heterocycles. The van der Waals surface area contributed by atoms with Crippen molar-refractivity contribution in [3.8, 4) is 6.07 Å². The van der Waals surface area contributed by atoms with E-state index in [0.29, 0.717) is 50.8 Å². The second-order valence-corrected chi connectivity index (χ2v) is 8.45. The standard InChI is InChI=1S/C23H29N4O3/c24-17-23(13-15-27(16-14-23)20(29)18-7-3-1-4-8-18)26-19(28)9-12-22(21(25)30)10-5-2-6-11-22/h1,3-4,7-9H,2,5-6,10-16H2,(H2,25,30)(H,26,28). The molecule has 0 bridgehead atoms. The molecule has 7 nitrogen and oxygen atoms in total. The second-order valence-electron chi connectivity index (χ2n) is 8.45. The minimum atomic E-state index is -1.01. The minimum Gasteiger partial charge on any atom is -0.369 e. The smallest absolute Gasteiger partial charge is 0.253 e. The predicted molar refractivity (Wildman–Crippen MR) is 112 cm³/mol. The zero-order valence-electron chi connectivity index (χ0n) is 17.2. The lowest BCUT2D eigenvalue weighted by molar-refractivity contribution is -0.130. The fraction of sp³-hybridized carbons (Fsp3) is 0.522. The molecule has 2 aliphatic rings. The average Bonchev–Trinajstić information content (AvgIpc) is 2.79. The Kier molecular flexibility index (Phi) is 6.76. The molecule has 7 heteroatoms. The number of rotatable bonds is 6. The Morgan fingerprint density at radius 3 is 2.27 bits per heavy atom. The van der Waals surface area contributed by atoms with Crippen LogP contribution in [0.2, 0.25) is 0 Å². The van der Waals surface area contributed by atoms with Crippen molar-refractivity contribution in [1.29, 1.82) is 5.26 Å². The second kappa shape index (κ2) is 9.29. The van der Waals surface area contributed by atoms with Crippen molar-refractivity contribution in [2.75, 3.05) is 13.1 Å². The number of nitrogens with one attached hydrogen (secondary N) is 1. The van der Waals surface area contributed by atoms with E-state index in [1.54, 1.807) is 17.0 Å². The van der Waals surface area contributed by atoms with Gasteiger partial charge in [0.05, 0.1) is 12.5 Å². The Balaban J connectivity index is 1.55. The highest BCUT2D eigenvalue weighted by Gasteiger charge is 2.40. The first-order valence-electron chi connectivity index (χ1n) is 10.6. The molecule has 3 rings (SSSR count). The first-order chi connectivity index (χ1) is 14.4. The summed E-state index contributed by atoms with van der Waals surface area (Å²) in [6, 6.07) is 11.3. The van der Waals surface area contributed by atoms with Crippen molar-refractivity contribution in [2.24, 2.45) is 11.1 Å². The van der Waals surface area contributed by atoms with Gasteiger partial charge in [-0.1, -0.05) is 37.5 Å². The lowest BCUT2D eigenvalue weighted by atomic mass is 9.70. The summed E-state index contributed by atoms with van der Waals surface area (Å²) in [4.78, 5) is 38.9. The number of benzene rings is 1. The molecule has 1 saturated carbocycles. The van der Waals surface area contributed by atoms with Gasteiger partial charge in [-0.25, -0.2) is 0 Å². The quantitative estimate of drug-likeness (QED) is 0.750. The highest BCUT2D eigenvalue weighted by Crippen LogP contribution is 2.39. The number of primary amides is 1. The SMILES string of the molecule is N#CC1(NC(=O)[CH]CC2(C(N)=O)CCCCC2)CCN(C(=O)c2ccccc2)CC1. The maximum absolute atomic E-state index is 12.6. The summed E-state index contributed by atoms with van der Waals surface area (Å²) < 4.78 is 0. The summed E-state index contributed by atoms with van der Waals surface area (Å²) in [6.45, 7) is 0.791. The third-order valence-electron chi connectivity index (χ3n) is 6.51. The van der Waals surface area contributed by atoms with Gasteiger partial charge in [0.15, 0.2) is 0 Å². The van der Waals surface area contributed by atoms with Gasteiger partial charge in [0.25, 0.3) is 5.91 Å². The van der Waals surface area contributed by atoms with E-state index in [1.807, 2.05) is 18.2 Å². The van der Waals surface area contributed by atoms with E-state index < -0.39 is 11.0 Å². The topological polar surface area (TPSA) is 116 Å². The van der Waals surface area contributed by atoms with Crippen LogP contribution in [0.5, 0.6) is 0 Å². The largest absolute Gasteiger partial charge is 0.369 e. The molecule has 0 aromatic heterocycles. The monoisotopic (exact) mass is 409 g/mol. The lowest BCUT2D eigenvalue weighted by Crippen LogP contribution is -2.55. The highest BCUT2D eigenvalue weighted by atomic mass is 16.2. The Labute approximate surface area is 177 Å². The van der Waals surface area contributed by atoms with Gasteiger partial charge in [-0.05, 0) is 31.4 Å². The van der Waals surface area contributed by atoms with Crippen LogP contribution >= 0.6 is 0 Å². The maximum Gasteiger partial charge on any atom is 0.253 e. The number of carbonyl (C=O) groups is 3. The van der Waals surface area contributed by atoms with Crippen molar-refractivity contribution in [3.05, 3.63) is 42.3 Å². The molecular weight excluding hydrogens is 380 g/mol. The van der Waals surface area contributed by atoms with Crippen LogP contribution in [-0.2, 0) is 9.59 Å². The zero-order valence-corrected chi connectivity index (χ0v) is 17.2. The molecule has 0 unspecified atom stereocenters. The minimum absolute atomic E-state index is 0.0688. The number of piperidine rings is 1. The molecule has 1 aliphatic heterocycles. The van der Waals surface area contributed by atoms with Gasteiger partial charge in [0, 0.05) is 36.9 Å². The summed E-state index contributed by atoms with van der Waals surface area (Å²) in [6.07, 6.45) is 6.85. The Morgan fingerprint density at radius 2 is 1.70 bits per heavy atom. The van der Waals surface area contributed by atoms with Crippen LogP contribution in [0.25, 0.3) is 0 Å². The van der Waals surface area contributed by atoms with Gasteiger partial charge < -0.3 is 16.0 Å². The maximum atomic E-state index is 12.6. The third kappa shape index (κ3) is 4.81. The van der Waals surface area contributed by atoms with Crippen molar-refractivity contribution >= 4 is 17.7 Å². The summed E-state index contributed by atoms with van der Waals surface area (Å²) in [5.74, 6) is -0.778. The summed E-state index contributed by atoms with van der Waals surface area (Å²) in [5.41, 5.74) is 4.59. The van der Waals surface area contributed by atoms with E-state index >= 15 is 0 Å². The van der Waals surface area contributed by atoms with E-state index in [4.69, 9.17) is 5.73 Å². The van der Waals surface area contributed by atoms with Crippen LogP contribution in [0.15, 0.2) is 30.3 Å². The molecule has 159 valence electrons. The first kappa shape index (κ1) is 21.8. The van der Waals surface area contributed by atoms with Crippen LogP contribution in [-0.4, -0.2) is 41.2 Å². The Hall–Kier alpha value is -2.88. The molecular formula is C23H29N4O3. The molecule has 1 saturated heterocycles. The number of nitrogens with zero attached hydrogens (tertiary/aromatic N) is 2. The normalized spacial score (nSPS) is 20.0. The van der Waals surface area contributed by atoms with E-state index in [9.17, 15) is 19.6 Å². The summed E-state index contributed by atoms with van der Waals surface area (Å²) >= 11 is 0. The van der Waals surface area contributed by atoms with Crippen LogP contribution in [0.3, 0.4) is 0 Å². The Bertz CT molecular complexity index is 817. The first-order valence-corrected chi connectivity index (χ1v) is 10.6. The molecule has 0 spiro atoms. The van der Waals surface area contributed by atoms with E-state index in [0.717, 1.165) is 19.3 Å². The van der Waals surface area contributed by atoms with Crippen LogP contribution in [0.1, 0.15) is 61.7 Å². The van der Waals surface area contributed by atoms with Crippen molar-refractivity contribution in [2.45, 2.75) is 56.9 Å². The number of carbonyl (C=O) groups excluding carboxylic acids is 3. The van der Waals surface area contributed by atoms with Gasteiger partial charge in [-0.2, -0.15) is 5.26 Å². The summed E-state index contributed by atoms with van der Waals surface area (Å²) in [7, 11) is 0. The molecule has 1 radical (unpaired) electrons. The third-order valence-corrected chi connectivity index (χ3v) is 6.51. The lowest BCUT2D eigenvalue weighted by Gasteiger charge is -2.38. The molecule has 30 heavy (non-hydrogen) atoms. The average molecular weight is 410 g/mol. The number of hydrogen-bond acceptors (Lipinski definition) is 4.